The third-order valence-corrected chi connectivity index (χ3v) is 4.43. The third kappa shape index (κ3) is 3.86. The fourth-order valence-corrected chi connectivity index (χ4v) is 3.00. The molecular weight excluding hydrogens is 264 g/mol. The van der Waals surface area contributed by atoms with Gasteiger partial charge in [0.15, 0.2) is 5.84 Å². The van der Waals surface area contributed by atoms with E-state index in [0.717, 1.165) is 24.8 Å². The number of anilines is 1. The molecule has 5 nitrogen and oxygen atoms in total. The number of rotatable bonds is 2. The summed E-state index contributed by atoms with van der Waals surface area (Å²) in [6.07, 6.45) is 5.34. The average molecular weight is 290 g/mol. The highest BCUT2D eigenvalue weighted by molar-refractivity contribution is 5.97. The van der Waals surface area contributed by atoms with Gasteiger partial charge in [0.2, 0.25) is 0 Å². The van der Waals surface area contributed by atoms with Gasteiger partial charge in [-0.05, 0) is 42.7 Å². The molecule has 116 valence electrons. The first-order valence-electron chi connectivity index (χ1n) is 7.60. The summed E-state index contributed by atoms with van der Waals surface area (Å²) in [5, 5.41) is 11.8. The molecular formula is C16H26N4O. The Morgan fingerprint density at radius 1 is 1.38 bits per heavy atom. The van der Waals surface area contributed by atoms with E-state index in [-0.39, 0.29) is 5.84 Å². The molecule has 21 heavy (non-hydrogen) atoms. The minimum atomic E-state index is 0.126. The second kappa shape index (κ2) is 6.33. The van der Waals surface area contributed by atoms with Gasteiger partial charge >= 0.3 is 0 Å². The van der Waals surface area contributed by atoms with Crippen molar-refractivity contribution in [1.29, 1.82) is 0 Å². The zero-order chi connectivity index (χ0) is 15.5. The highest BCUT2D eigenvalue weighted by atomic mass is 16.4. The van der Waals surface area contributed by atoms with Gasteiger partial charge < -0.3 is 15.8 Å². The van der Waals surface area contributed by atoms with Crippen LogP contribution in [0, 0.1) is 11.3 Å². The van der Waals surface area contributed by atoms with Crippen molar-refractivity contribution in [1.82, 2.24) is 4.98 Å². The maximum absolute atomic E-state index is 8.79. The van der Waals surface area contributed by atoms with Crippen LogP contribution in [0.5, 0.6) is 0 Å². The van der Waals surface area contributed by atoms with E-state index >= 15 is 0 Å². The molecule has 1 aromatic heterocycles. The van der Waals surface area contributed by atoms with Crippen LogP contribution in [-0.2, 0) is 0 Å². The summed E-state index contributed by atoms with van der Waals surface area (Å²) in [6.45, 7) is 8.99. The number of oxime groups is 1. The first kappa shape index (κ1) is 15.6. The number of hydrogen-bond acceptors (Lipinski definition) is 4. The van der Waals surface area contributed by atoms with Crippen molar-refractivity contribution in [3.05, 3.63) is 23.9 Å². The summed E-state index contributed by atoms with van der Waals surface area (Å²) in [6, 6.07) is 3.65. The SMILES string of the molecule is CC(C)(C)C1CCCN(c2cc(C(N)=NO)ccn2)CC1. The van der Waals surface area contributed by atoms with Gasteiger partial charge in [0.25, 0.3) is 0 Å². The minimum Gasteiger partial charge on any atom is -0.409 e. The van der Waals surface area contributed by atoms with E-state index in [2.05, 4.69) is 35.8 Å². The molecule has 1 fully saturated rings. The monoisotopic (exact) mass is 290 g/mol. The molecule has 1 atom stereocenters. The quantitative estimate of drug-likeness (QED) is 0.380. The van der Waals surface area contributed by atoms with E-state index in [1.165, 1.54) is 19.3 Å². The topological polar surface area (TPSA) is 74.7 Å². The van der Waals surface area contributed by atoms with Crippen LogP contribution < -0.4 is 10.6 Å². The van der Waals surface area contributed by atoms with Crippen molar-refractivity contribution in [2.75, 3.05) is 18.0 Å². The highest BCUT2D eigenvalue weighted by Crippen LogP contribution is 2.34. The Hall–Kier alpha value is -1.78. The smallest absolute Gasteiger partial charge is 0.170 e. The van der Waals surface area contributed by atoms with Gasteiger partial charge in [-0.2, -0.15) is 0 Å². The Kier molecular flexibility index (Phi) is 4.70. The second-order valence-electron chi connectivity index (χ2n) is 6.87. The van der Waals surface area contributed by atoms with Gasteiger partial charge in [-0.25, -0.2) is 4.98 Å². The van der Waals surface area contributed by atoms with Crippen molar-refractivity contribution in [3.63, 3.8) is 0 Å². The van der Waals surface area contributed by atoms with Crippen molar-refractivity contribution >= 4 is 11.7 Å². The van der Waals surface area contributed by atoms with E-state index in [9.17, 15) is 0 Å². The fourth-order valence-electron chi connectivity index (χ4n) is 3.00. The van der Waals surface area contributed by atoms with Crippen LogP contribution in [0.15, 0.2) is 23.5 Å². The number of pyridine rings is 1. The molecule has 2 rings (SSSR count). The van der Waals surface area contributed by atoms with Crippen molar-refractivity contribution in [2.24, 2.45) is 22.2 Å². The van der Waals surface area contributed by atoms with Crippen molar-refractivity contribution in [3.8, 4) is 0 Å². The molecule has 5 heteroatoms. The Balaban J connectivity index is 2.12. The van der Waals surface area contributed by atoms with E-state index in [4.69, 9.17) is 10.9 Å². The zero-order valence-electron chi connectivity index (χ0n) is 13.2. The van der Waals surface area contributed by atoms with Gasteiger partial charge in [0.05, 0.1) is 0 Å². The first-order chi connectivity index (χ1) is 9.91. The number of nitrogens with two attached hydrogens (primary N) is 1. The van der Waals surface area contributed by atoms with Crippen LogP contribution in [0.4, 0.5) is 5.82 Å². The molecule has 0 spiro atoms. The van der Waals surface area contributed by atoms with Gasteiger partial charge in [-0.3, -0.25) is 0 Å². The molecule has 0 radical (unpaired) electrons. The molecule has 1 unspecified atom stereocenters. The van der Waals surface area contributed by atoms with Crippen LogP contribution in [0.25, 0.3) is 0 Å². The van der Waals surface area contributed by atoms with Crippen molar-refractivity contribution in [2.45, 2.75) is 40.0 Å². The molecule has 2 heterocycles. The molecule has 0 aromatic carbocycles. The van der Waals surface area contributed by atoms with Crippen molar-refractivity contribution < 1.29 is 5.21 Å². The van der Waals surface area contributed by atoms with Crippen LogP contribution >= 0.6 is 0 Å². The largest absolute Gasteiger partial charge is 0.409 e. The van der Waals surface area contributed by atoms with Crippen LogP contribution in [-0.4, -0.2) is 29.1 Å². The fraction of sp³-hybridized carbons (Fsp3) is 0.625. The van der Waals surface area contributed by atoms with Gasteiger partial charge in [-0.15, -0.1) is 0 Å². The third-order valence-electron chi connectivity index (χ3n) is 4.43. The number of nitrogens with zero attached hydrogens (tertiary/aromatic N) is 3. The summed E-state index contributed by atoms with van der Waals surface area (Å²) in [7, 11) is 0. The lowest BCUT2D eigenvalue weighted by molar-refractivity contribution is 0.220. The lowest BCUT2D eigenvalue weighted by Gasteiger charge is -2.30. The Morgan fingerprint density at radius 3 is 2.81 bits per heavy atom. The molecule has 1 aromatic rings. The average Bonchev–Trinajstić information content (AvgIpc) is 2.72. The maximum Gasteiger partial charge on any atom is 0.170 e. The standard InChI is InChI=1S/C16H26N4O/c1-16(2,3)13-5-4-9-20(10-7-13)14-11-12(6-8-18-14)15(17)19-21/h6,8,11,13,21H,4-5,7,9-10H2,1-3H3,(H2,17,19). The Bertz CT molecular complexity index is 507. The van der Waals surface area contributed by atoms with Crippen LogP contribution in [0.1, 0.15) is 45.6 Å². The Morgan fingerprint density at radius 2 is 2.14 bits per heavy atom. The van der Waals surface area contributed by atoms with Gasteiger partial charge in [0.1, 0.15) is 5.82 Å². The second-order valence-corrected chi connectivity index (χ2v) is 6.87. The molecule has 1 aliphatic rings. The minimum absolute atomic E-state index is 0.126. The lowest BCUT2D eigenvalue weighted by Crippen LogP contribution is -2.27. The van der Waals surface area contributed by atoms with E-state index in [1.54, 1.807) is 12.3 Å². The molecule has 0 aliphatic carbocycles. The summed E-state index contributed by atoms with van der Waals surface area (Å²) in [5.74, 6) is 1.78. The molecule has 1 saturated heterocycles. The molecule has 3 N–H and O–H groups in total. The predicted octanol–water partition coefficient (Wildman–Crippen LogP) is 2.83. The zero-order valence-corrected chi connectivity index (χ0v) is 13.2. The number of aromatic nitrogens is 1. The van der Waals surface area contributed by atoms with Crippen LogP contribution in [0.2, 0.25) is 0 Å². The Labute approximate surface area is 126 Å². The van der Waals surface area contributed by atoms with Gasteiger partial charge in [0, 0.05) is 24.8 Å². The first-order valence-corrected chi connectivity index (χ1v) is 7.60. The number of hydrogen-bond donors (Lipinski definition) is 2. The van der Waals surface area contributed by atoms with E-state index in [0.29, 0.717) is 11.0 Å². The lowest BCUT2D eigenvalue weighted by atomic mass is 9.77. The summed E-state index contributed by atoms with van der Waals surface area (Å²) in [5.41, 5.74) is 6.72. The van der Waals surface area contributed by atoms with Gasteiger partial charge in [-0.1, -0.05) is 25.9 Å². The summed E-state index contributed by atoms with van der Waals surface area (Å²) >= 11 is 0. The predicted molar refractivity (Wildman–Crippen MR) is 85.8 cm³/mol. The van der Waals surface area contributed by atoms with Crippen LogP contribution in [0.3, 0.4) is 0 Å². The van der Waals surface area contributed by atoms with E-state index in [1.807, 2.05) is 6.07 Å². The highest BCUT2D eigenvalue weighted by Gasteiger charge is 2.27. The maximum atomic E-state index is 8.79. The molecule has 0 amide bonds. The summed E-state index contributed by atoms with van der Waals surface area (Å²) in [4.78, 5) is 6.75. The molecule has 1 aliphatic heterocycles. The summed E-state index contributed by atoms with van der Waals surface area (Å²) < 4.78 is 0. The molecule has 0 bridgehead atoms. The van der Waals surface area contributed by atoms with E-state index < -0.39 is 0 Å². The normalized spacial score (nSPS) is 21.2. The number of amidine groups is 1. The molecule has 0 saturated carbocycles.